The molecule has 4 unspecified atom stereocenters. The molecule has 0 aliphatic carbocycles. The van der Waals surface area contributed by atoms with E-state index in [1.807, 2.05) is 0 Å². The Morgan fingerprint density at radius 1 is 1.14 bits per heavy atom. The van der Waals surface area contributed by atoms with Crippen LogP contribution in [-0.2, 0) is 4.74 Å². The van der Waals surface area contributed by atoms with E-state index in [9.17, 15) is 0 Å². The zero-order valence-corrected chi connectivity index (χ0v) is 12.6. The minimum Gasteiger partial charge on any atom is -0.375 e. The standard InChI is InChI=1S/C19H23NO/c1-2-20-19(17-12-16-9-10-18(17)21-16)15-8-7-13-5-3-4-6-14(13)11-15/h3-8,11,16-20H,2,9-10,12H2,1H3. The minimum absolute atomic E-state index is 0.426. The molecule has 2 heterocycles. The van der Waals surface area contributed by atoms with Crippen molar-refractivity contribution in [2.24, 2.45) is 5.92 Å². The summed E-state index contributed by atoms with van der Waals surface area (Å²) in [4.78, 5) is 0. The summed E-state index contributed by atoms with van der Waals surface area (Å²) in [6, 6.07) is 15.9. The van der Waals surface area contributed by atoms with Crippen LogP contribution in [0.5, 0.6) is 0 Å². The number of rotatable bonds is 4. The van der Waals surface area contributed by atoms with E-state index in [1.54, 1.807) is 0 Å². The molecule has 110 valence electrons. The van der Waals surface area contributed by atoms with Gasteiger partial charge in [-0.15, -0.1) is 0 Å². The topological polar surface area (TPSA) is 21.3 Å². The Morgan fingerprint density at radius 3 is 2.71 bits per heavy atom. The molecular weight excluding hydrogens is 258 g/mol. The van der Waals surface area contributed by atoms with Crippen molar-refractivity contribution >= 4 is 10.8 Å². The fraction of sp³-hybridized carbons (Fsp3) is 0.474. The summed E-state index contributed by atoms with van der Waals surface area (Å²) in [5.74, 6) is 0.630. The van der Waals surface area contributed by atoms with E-state index < -0.39 is 0 Å². The van der Waals surface area contributed by atoms with E-state index in [0.717, 1.165) is 6.54 Å². The molecule has 2 aliphatic rings. The normalized spacial score (nSPS) is 29.1. The number of benzene rings is 2. The van der Waals surface area contributed by atoms with Gasteiger partial charge in [0.15, 0.2) is 0 Å². The predicted octanol–water partition coefficient (Wildman–Crippen LogP) is 4.06. The summed E-state index contributed by atoms with van der Waals surface area (Å²) in [5, 5.41) is 6.37. The van der Waals surface area contributed by atoms with E-state index in [4.69, 9.17) is 4.74 Å². The van der Waals surface area contributed by atoms with Gasteiger partial charge in [0.1, 0.15) is 0 Å². The average Bonchev–Trinajstić information content (AvgIpc) is 3.15. The molecule has 0 aromatic heterocycles. The molecule has 1 N–H and O–H groups in total. The van der Waals surface area contributed by atoms with Crippen LogP contribution in [0.3, 0.4) is 0 Å². The predicted molar refractivity (Wildman–Crippen MR) is 86.4 cm³/mol. The Morgan fingerprint density at radius 2 is 2.00 bits per heavy atom. The first kappa shape index (κ1) is 13.3. The largest absolute Gasteiger partial charge is 0.375 e. The molecule has 2 aromatic carbocycles. The van der Waals surface area contributed by atoms with Gasteiger partial charge in [-0.1, -0.05) is 43.3 Å². The van der Waals surface area contributed by atoms with Crippen molar-refractivity contribution in [3.63, 3.8) is 0 Å². The van der Waals surface area contributed by atoms with Gasteiger partial charge < -0.3 is 10.1 Å². The lowest BCUT2D eigenvalue weighted by Gasteiger charge is -2.29. The molecule has 2 fully saturated rings. The first-order valence-electron chi connectivity index (χ1n) is 8.22. The van der Waals surface area contributed by atoms with E-state index in [-0.39, 0.29) is 0 Å². The van der Waals surface area contributed by atoms with Crippen LogP contribution in [-0.4, -0.2) is 18.8 Å². The maximum Gasteiger partial charge on any atom is 0.0627 e. The molecule has 2 saturated heterocycles. The molecular formula is C19H23NO. The summed E-state index contributed by atoms with van der Waals surface area (Å²) < 4.78 is 6.08. The lowest BCUT2D eigenvalue weighted by Crippen LogP contribution is -2.33. The smallest absolute Gasteiger partial charge is 0.0627 e. The van der Waals surface area contributed by atoms with Gasteiger partial charge in [0.25, 0.3) is 0 Å². The van der Waals surface area contributed by atoms with Crippen LogP contribution < -0.4 is 5.32 Å². The van der Waals surface area contributed by atoms with E-state index >= 15 is 0 Å². The molecule has 0 amide bonds. The monoisotopic (exact) mass is 281 g/mol. The summed E-state index contributed by atoms with van der Waals surface area (Å²) in [6.07, 6.45) is 4.70. The van der Waals surface area contributed by atoms with Crippen LogP contribution in [0, 0.1) is 5.92 Å². The molecule has 0 saturated carbocycles. The fourth-order valence-corrected chi connectivity index (χ4v) is 4.17. The van der Waals surface area contributed by atoms with E-state index in [0.29, 0.717) is 24.2 Å². The van der Waals surface area contributed by atoms with Crippen molar-refractivity contribution < 1.29 is 4.74 Å². The molecule has 0 radical (unpaired) electrons. The van der Waals surface area contributed by atoms with Gasteiger partial charge in [-0.3, -0.25) is 0 Å². The Kier molecular flexibility index (Phi) is 3.44. The Bertz CT molecular complexity index is 638. The second-order valence-corrected chi connectivity index (χ2v) is 6.42. The van der Waals surface area contributed by atoms with Crippen molar-refractivity contribution in [1.29, 1.82) is 0 Å². The van der Waals surface area contributed by atoms with E-state index in [2.05, 4.69) is 54.7 Å². The first-order valence-corrected chi connectivity index (χ1v) is 8.22. The van der Waals surface area contributed by atoms with Gasteiger partial charge in [-0.2, -0.15) is 0 Å². The van der Waals surface area contributed by atoms with Crippen molar-refractivity contribution in [2.45, 2.75) is 44.4 Å². The zero-order chi connectivity index (χ0) is 14.2. The van der Waals surface area contributed by atoms with Gasteiger partial charge in [0.2, 0.25) is 0 Å². The molecule has 2 aliphatic heterocycles. The van der Waals surface area contributed by atoms with Gasteiger partial charge in [-0.05, 0) is 48.2 Å². The van der Waals surface area contributed by atoms with Gasteiger partial charge in [0.05, 0.1) is 12.2 Å². The third-order valence-electron chi connectivity index (χ3n) is 5.14. The molecule has 2 heteroatoms. The highest BCUT2D eigenvalue weighted by Gasteiger charge is 2.44. The Labute approximate surface area is 126 Å². The molecule has 4 atom stereocenters. The number of hydrogen-bond acceptors (Lipinski definition) is 2. The average molecular weight is 281 g/mol. The molecule has 4 rings (SSSR count). The minimum atomic E-state index is 0.426. The highest BCUT2D eigenvalue weighted by molar-refractivity contribution is 5.83. The SMILES string of the molecule is CCNC(c1ccc2ccccc2c1)C1CC2CCC1O2. The number of hydrogen-bond donors (Lipinski definition) is 1. The highest BCUT2D eigenvalue weighted by Crippen LogP contribution is 2.44. The fourth-order valence-electron chi connectivity index (χ4n) is 4.17. The van der Waals surface area contributed by atoms with Crippen LogP contribution in [0.15, 0.2) is 42.5 Å². The zero-order valence-electron chi connectivity index (χ0n) is 12.6. The number of nitrogens with one attached hydrogen (secondary N) is 1. The summed E-state index contributed by atoms with van der Waals surface area (Å²) in [7, 11) is 0. The number of ether oxygens (including phenoxy) is 1. The third kappa shape index (κ3) is 2.37. The highest BCUT2D eigenvalue weighted by atomic mass is 16.5. The van der Waals surface area contributed by atoms with Crippen molar-refractivity contribution in [3.05, 3.63) is 48.0 Å². The lowest BCUT2D eigenvalue weighted by molar-refractivity contribution is 0.0858. The maximum absolute atomic E-state index is 6.08. The van der Waals surface area contributed by atoms with Gasteiger partial charge in [0, 0.05) is 12.0 Å². The van der Waals surface area contributed by atoms with Gasteiger partial charge in [-0.25, -0.2) is 0 Å². The Hall–Kier alpha value is -1.38. The van der Waals surface area contributed by atoms with Crippen LogP contribution in [0.1, 0.15) is 37.8 Å². The molecule has 0 spiro atoms. The molecule has 21 heavy (non-hydrogen) atoms. The molecule has 2 nitrogen and oxygen atoms in total. The van der Waals surface area contributed by atoms with Crippen molar-refractivity contribution in [1.82, 2.24) is 5.32 Å². The molecule has 2 aromatic rings. The summed E-state index contributed by atoms with van der Waals surface area (Å²) in [5.41, 5.74) is 1.41. The lowest BCUT2D eigenvalue weighted by atomic mass is 9.80. The molecule has 2 bridgehead atoms. The quantitative estimate of drug-likeness (QED) is 0.912. The maximum atomic E-state index is 6.08. The van der Waals surface area contributed by atoms with Crippen LogP contribution in [0.25, 0.3) is 10.8 Å². The third-order valence-corrected chi connectivity index (χ3v) is 5.14. The van der Waals surface area contributed by atoms with Crippen LogP contribution in [0.4, 0.5) is 0 Å². The Balaban J connectivity index is 1.68. The van der Waals surface area contributed by atoms with E-state index in [1.165, 1.54) is 35.6 Å². The van der Waals surface area contributed by atoms with Crippen LogP contribution >= 0.6 is 0 Å². The van der Waals surface area contributed by atoms with Crippen LogP contribution in [0.2, 0.25) is 0 Å². The summed E-state index contributed by atoms with van der Waals surface area (Å²) in [6.45, 7) is 3.20. The van der Waals surface area contributed by atoms with Gasteiger partial charge >= 0.3 is 0 Å². The second-order valence-electron chi connectivity index (χ2n) is 6.42. The van der Waals surface area contributed by atoms with Crippen molar-refractivity contribution in [2.75, 3.05) is 6.54 Å². The summed E-state index contributed by atoms with van der Waals surface area (Å²) >= 11 is 0. The first-order chi connectivity index (χ1) is 10.3. The van der Waals surface area contributed by atoms with Crippen molar-refractivity contribution in [3.8, 4) is 0 Å². The number of fused-ring (bicyclic) bond motifs is 3. The second kappa shape index (κ2) is 5.43.